The first kappa shape index (κ1) is 28.3. The number of rotatable bonds is 8. The minimum atomic E-state index is -1.50. The summed E-state index contributed by atoms with van der Waals surface area (Å²) in [5.41, 5.74) is 2.56. The number of nitriles is 1. The quantitative estimate of drug-likeness (QED) is 0.335. The monoisotopic (exact) mass is 522 g/mol. The van der Waals surface area contributed by atoms with Gasteiger partial charge in [-0.25, -0.2) is 17.7 Å². The number of aromatic nitrogens is 2. The lowest BCUT2D eigenvalue weighted by molar-refractivity contribution is 0.519. The van der Waals surface area contributed by atoms with Crippen molar-refractivity contribution in [2.24, 2.45) is 0 Å². The molecule has 0 amide bonds. The summed E-state index contributed by atoms with van der Waals surface area (Å²) in [6.45, 7) is 11.3. The smallest absolute Gasteiger partial charge is 0.145 e. The zero-order valence-corrected chi connectivity index (χ0v) is 22.8. The molecule has 0 bridgehead atoms. The number of pyridine rings is 2. The summed E-state index contributed by atoms with van der Waals surface area (Å²) < 4.78 is 45.6. The normalized spacial score (nSPS) is 14.0. The van der Waals surface area contributed by atoms with E-state index in [0.717, 1.165) is 5.56 Å². The van der Waals surface area contributed by atoms with Crippen LogP contribution in [0.2, 0.25) is 0 Å². The third kappa shape index (κ3) is 6.54. The van der Waals surface area contributed by atoms with Gasteiger partial charge in [-0.15, -0.1) is 0 Å². The maximum Gasteiger partial charge on any atom is 0.145 e. The molecular weight excluding hydrogens is 490 g/mol. The lowest BCUT2D eigenvalue weighted by Gasteiger charge is -2.22. The SMILES string of the molecule is CCc1cc(C)c(C(C#N)=C(c2ccc(S(=O)NC(C)(C)C)cn2)C(CC)c2ncccc2F)cc1F. The Hall–Kier alpha value is -3.28. The van der Waals surface area contributed by atoms with Crippen molar-refractivity contribution in [2.75, 3.05) is 0 Å². The van der Waals surface area contributed by atoms with Gasteiger partial charge in [-0.1, -0.05) is 19.9 Å². The third-order valence-corrected chi connectivity index (χ3v) is 7.39. The van der Waals surface area contributed by atoms with Crippen LogP contribution in [0.5, 0.6) is 0 Å². The van der Waals surface area contributed by atoms with Gasteiger partial charge in [0.25, 0.3) is 0 Å². The Labute approximate surface area is 220 Å². The molecular formula is C29H32F2N4OS. The van der Waals surface area contributed by atoms with Crippen molar-refractivity contribution in [3.63, 3.8) is 0 Å². The second-order valence-electron chi connectivity index (χ2n) is 9.84. The highest BCUT2D eigenvalue weighted by Gasteiger charge is 2.27. The van der Waals surface area contributed by atoms with Crippen LogP contribution in [0.25, 0.3) is 11.1 Å². The maximum absolute atomic E-state index is 14.9. The Morgan fingerprint density at radius 1 is 1.14 bits per heavy atom. The molecule has 1 N–H and O–H groups in total. The van der Waals surface area contributed by atoms with E-state index in [1.807, 2.05) is 41.5 Å². The van der Waals surface area contributed by atoms with Crippen molar-refractivity contribution >= 4 is 22.1 Å². The molecule has 194 valence electrons. The molecule has 1 aromatic carbocycles. The number of hydrogen-bond acceptors (Lipinski definition) is 4. The molecule has 3 aromatic rings. The highest BCUT2D eigenvalue weighted by Crippen LogP contribution is 2.40. The minimum Gasteiger partial charge on any atom is -0.258 e. The zero-order chi connectivity index (χ0) is 27.3. The van der Waals surface area contributed by atoms with Crippen molar-refractivity contribution in [1.82, 2.24) is 14.7 Å². The first-order valence-corrected chi connectivity index (χ1v) is 13.4. The molecule has 8 heteroatoms. The van der Waals surface area contributed by atoms with Crippen LogP contribution in [0.1, 0.15) is 75.0 Å². The molecule has 2 unspecified atom stereocenters. The topological polar surface area (TPSA) is 78.7 Å². The number of nitrogens with zero attached hydrogens (tertiary/aromatic N) is 3. The average molecular weight is 523 g/mol. The molecule has 37 heavy (non-hydrogen) atoms. The largest absolute Gasteiger partial charge is 0.258 e. The molecule has 2 atom stereocenters. The molecule has 5 nitrogen and oxygen atoms in total. The van der Waals surface area contributed by atoms with Gasteiger partial charge in [0.15, 0.2) is 0 Å². The number of allylic oxidation sites excluding steroid dienone is 2. The van der Waals surface area contributed by atoms with Gasteiger partial charge < -0.3 is 0 Å². The van der Waals surface area contributed by atoms with Crippen molar-refractivity contribution in [3.8, 4) is 6.07 Å². The molecule has 2 heterocycles. The predicted octanol–water partition coefficient (Wildman–Crippen LogP) is 6.66. The summed E-state index contributed by atoms with van der Waals surface area (Å²) in [6.07, 6.45) is 3.92. The summed E-state index contributed by atoms with van der Waals surface area (Å²) in [6, 6.07) is 11.5. The first-order valence-electron chi connectivity index (χ1n) is 12.2. The van der Waals surface area contributed by atoms with E-state index in [-0.39, 0.29) is 16.8 Å². The van der Waals surface area contributed by atoms with Crippen LogP contribution < -0.4 is 4.72 Å². The van der Waals surface area contributed by atoms with Crippen LogP contribution in [-0.2, 0) is 17.4 Å². The molecule has 0 spiro atoms. The molecule has 0 aliphatic carbocycles. The Balaban J connectivity index is 2.28. The number of nitrogens with one attached hydrogen (secondary N) is 1. The lowest BCUT2D eigenvalue weighted by Crippen LogP contribution is -2.37. The fraction of sp³-hybridized carbons (Fsp3) is 0.345. The van der Waals surface area contributed by atoms with Crippen molar-refractivity contribution in [2.45, 2.75) is 70.7 Å². The number of halogens is 2. The standard InChI is InChI=1S/C29H32F2N4OS/c1-7-19-14-18(3)22(15-25(19)31)23(16-32)27(21(8-2)28-24(30)10-9-13-33-28)26-12-11-20(17-34-26)37(36)35-29(4,5)6/h9-15,17,21,35H,7-8H2,1-6H3. The Morgan fingerprint density at radius 2 is 1.86 bits per heavy atom. The number of aryl methyl sites for hydroxylation is 2. The Kier molecular flexibility index (Phi) is 9.06. The second kappa shape index (κ2) is 11.8. The molecule has 0 radical (unpaired) electrons. The molecule has 0 fully saturated rings. The van der Waals surface area contributed by atoms with Crippen molar-refractivity contribution < 1.29 is 13.0 Å². The van der Waals surface area contributed by atoms with Crippen LogP contribution in [0.4, 0.5) is 8.78 Å². The Morgan fingerprint density at radius 3 is 2.41 bits per heavy atom. The van der Waals surface area contributed by atoms with Gasteiger partial charge in [0, 0.05) is 29.4 Å². The fourth-order valence-electron chi connectivity index (χ4n) is 4.20. The average Bonchev–Trinajstić information content (AvgIpc) is 2.85. The van der Waals surface area contributed by atoms with Gasteiger partial charge in [-0.3, -0.25) is 9.97 Å². The zero-order valence-electron chi connectivity index (χ0n) is 22.0. The molecule has 0 saturated heterocycles. The first-order chi connectivity index (χ1) is 17.5. The van der Waals surface area contributed by atoms with E-state index >= 15 is 0 Å². The summed E-state index contributed by atoms with van der Waals surface area (Å²) in [5, 5.41) is 10.4. The van der Waals surface area contributed by atoms with E-state index in [9.17, 15) is 18.3 Å². The molecule has 2 aromatic heterocycles. The summed E-state index contributed by atoms with van der Waals surface area (Å²) in [7, 11) is -1.50. The fourth-order valence-corrected chi connectivity index (χ4v) is 5.22. The van der Waals surface area contributed by atoms with Crippen LogP contribution in [0.15, 0.2) is 53.7 Å². The summed E-state index contributed by atoms with van der Waals surface area (Å²) >= 11 is 0. The molecule has 3 rings (SSSR count). The highest BCUT2D eigenvalue weighted by molar-refractivity contribution is 7.83. The van der Waals surface area contributed by atoms with Crippen LogP contribution >= 0.6 is 0 Å². The van der Waals surface area contributed by atoms with Gasteiger partial charge in [-0.2, -0.15) is 5.26 Å². The summed E-state index contributed by atoms with van der Waals surface area (Å²) in [4.78, 5) is 9.29. The number of benzene rings is 1. The molecule has 0 aliphatic heterocycles. The van der Waals surface area contributed by atoms with E-state index in [1.165, 1.54) is 30.6 Å². The maximum atomic E-state index is 14.9. The highest BCUT2D eigenvalue weighted by atomic mass is 32.2. The van der Waals surface area contributed by atoms with Gasteiger partial charge in [-0.05, 0) is 87.6 Å². The van der Waals surface area contributed by atoms with Gasteiger partial charge in [0.05, 0.1) is 21.9 Å². The Bertz CT molecular complexity index is 1370. The number of hydrogen-bond donors (Lipinski definition) is 1. The second-order valence-corrected chi connectivity index (χ2v) is 11.1. The third-order valence-electron chi connectivity index (χ3n) is 5.92. The molecule has 0 saturated carbocycles. The summed E-state index contributed by atoms with van der Waals surface area (Å²) in [5.74, 6) is -1.53. The van der Waals surface area contributed by atoms with Crippen molar-refractivity contribution in [1.29, 1.82) is 5.26 Å². The van der Waals surface area contributed by atoms with E-state index < -0.39 is 28.5 Å². The van der Waals surface area contributed by atoms with Crippen LogP contribution in [-0.4, -0.2) is 19.7 Å². The molecule has 0 aliphatic rings. The van der Waals surface area contributed by atoms with E-state index in [4.69, 9.17) is 0 Å². The predicted molar refractivity (Wildman–Crippen MR) is 144 cm³/mol. The van der Waals surface area contributed by atoms with E-state index in [2.05, 4.69) is 20.8 Å². The van der Waals surface area contributed by atoms with E-state index in [1.54, 1.807) is 18.2 Å². The lowest BCUT2D eigenvalue weighted by atomic mass is 9.83. The van der Waals surface area contributed by atoms with Crippen molar-refractivity contribution in [3.05, 3.63) is 88.5 Å². The van der Waals surface area contributed by atoms with Gasteiger partial charge in [0.2, 0.25) is 0 Å². The van der Waals surface area contributed by atoms with Gasteiger partial charge >= 0.3 is 0 Å². The van der Waals surface area contributed by atoms with E-state index in [0.29, 0.717) is 40.1 Å². The minimum absolute atomic E-state index is 0.180. The van der Waals surface area contributed by atoms with Crippen LogP contribution in [0, 0.1) is 29.9 Å². The van der Waals surface area contributed by atoms with Crippen LogP contribution in [0.3, 0.4) is 0 Å². The van der Waals surface area contributed by atoms with Gasteiger partial charge in [0.1, 0.15) is 28.7 Å².